The topological polar surface area (TPSA) is 57.3 Å². The van der Waals surface area contributed by atoms with Crippen molar-refractivity contribution in [3.8, 4) is 0 Å². The predicted molar refractivity (Wildman–Crippen MR) is 104 cm³/mol. The number of carbonyl (C=O) groups excluding carboxylic acids is 1. The second kappa shape index (κ2) is 7.95. The van der Waals surface area contributed by atoms with Gasteiger partial charge in [0.25, 0.3) is 0 Å². The van der Waals surface area contributed by atoms with Crippen molar-refractivity contribution in [3.63, 3.8) is 0 Å². The van der Waals surface area contributed by atoms with Gasteiger partial charge in [-0.15, -0.1) is 0 Å². The van der Waals surface area contributed by atoms with Gasteiger partial charge in [0.15, 0.2) is 0 Å². The Morgan fingerprint density at radius 2 is 1.92 bits per heavy atom. The number of aromatic nitrogens is 1. The van der Waals surface area contributed by atoms with Crippen LogP contribution in [0.25, 0.3) is 0 Å². The minimum absolute atomic E-state index is 0.186. The van der Waals surface area contributed by atoms with Gasteiger partial charge in [-0.3, -0.25) is 4.79 Å². The number of nitrogens with one attached hydrogen (secondary N) is 2. The number of hydrogen-bond acceptors (Lipinski definition) is 4. The average Bonchev–Trinajstić information content (AvgIpc) is 2.99. The fraction of sp³-hybridized carbons (Fsp3) is 0.714. The molecule has 2 unspecified atom stereocenters. The lowest BCUT2D eigenvalue weighted by molar-refractivity contribution is -0.122. The van der Waals surface area contributed by atoms with E-state index in [1.807, 2.05) is 6.20 Å². The highest BCUT2D eigenvalue weighted by atomic mass is 16.1. The third-order valence-electron chi connectivity index (χ3n) is 6.45. The zero-order valence-corrected chi connectivity index (χ0v) is 15.9. The first-order valence-electron chi connectivity index (χ1n) is 10.4. The lowest BCUT2D eigenvalue weighted by Gasteiger charge is -2.31. The van der Waals surface area contributed by atoms with Gasteiger partial charge in [-0.05, 0) is 62.0 Å². The molecule has 0 saturated carbocycles. The second-order valence-corrected chi connectivity index (χ2v) is 8.65. The number of nitrogens with zero attached hydrogens (tertiary/aromatic N) is 2. The van der Waals surface area contributed by atoms with Gasteiger partial charge in [0.05, 0.1) is 0 Å². The maximum atomic E-state index is 12.3. The van der Waals surface area contributed by atoms with Gasteiger partial charge >= 0.3 is 0 Å². The highest BCUT2D eigenvalue weighted by molar-refractivity contribution is 5.76. The summed E-state index contributed by atoms with van der Waals surface area (Å²) in [6, 6.07) is 5.51. The smallest absolute Gasteiger partial charge is 0.220 e. The predicted octanol–water partition coefficient (Wildman–Crippen LogP) is 2.85. The molecule has 5 heteroatoms. The first-order valence-corrected chi connectivity index (χ1v) is 10.4. The summed E-state index contributed by atoms with van der Waals surface area (Å²) < 4.78 is 0. The Hall–Kier alpha value is -1.62. The van der Waals surface area contributed by atoms with Crippen LogP contribution in [0.5, 0.6) is 0 Å². The fourth-order valence-electron chi connectivity index (χ4n) is 4.82. The van der Waals surface area contributed by atoms with E-state index in [4.69, 9.17) is 0 Å². The Kier molecular flexibility index (Phi) is 5.44. The number of rotatable bonds is 5. The van der Waals surface area contributed by atoms with Crippen LogP contribution in [0.2, 0.25) is 0 Å². The molecule has 2 atom stereocenters. The van der Waals surface area contributed by atoms with Crippen molar-refractivity contribution >= 4 is 11.7 Å². The molecule has 0 aromatic carbocycles. The summed E-state index contributed by atoms with van der Waals surface area (Å²) in [5, 5.41) is 6.73. The number of anilines is 1. The summed E-state index contributed by atoms with van der Waals surface area (Å²) in [5.74, 6) is 2.63. The molecule has 1 amide bonds. The molecule has 3 fully saturated rings. The van der Waals surface area contributed by atoms with Crippen LogP contribution in [0, 0.1) is 11.8 Å². The number of piperidine rings is 2. The van der Waals surface area contributed by atoms with Gasteiger partial charge in [0, 0.05) is 44.3 Å². The van der Waals surface area contributed by atoms with E-state index in [-0.39, 0.29) is 5.91 Å². The van der Waals surface area contributed by atoms with E-state index in [1.165, 1.54) is 25.7 Å². The highest BCUT2D eigenvalue weighted by Crippen LogP contribution is 2.32. The zero-order chi connectivity index (χ0) is 17.9. The Balaban J connectivity index is 1.22. The molecule has 2 N–H and O–H groups in total. The van der Waals surface area contributed by atoms with Crippen LogP contribution < -0.4 is 15.5 Å². The van der Waals surface area contributed by atoms with Gasteiger partial charge in [-0.1, -0.05) is 13.0 Å². The lowest BCUT2D eigenvalue weighted by atomic mass is 9.89. The molecule has 3 aliphatic heterocycles. The first kappa shape index (κ1) is 17.8. The van der Waals surface area contributed by atoms with Crippen molar-refractivity contribution in [2.24, 2.45) is 11.8 Å². The van der Waals surface area contributed by atoms with Crippen LogP contribution in [-0.2, 0) is 11.3 Å². The lowest BCUT2D eigenvalue weighted by Crippen LogP contribution is -2.39. The molecule has 0 spiro atoms. The molecule has 1 aromatic heterocycles. The zero-order valence-electron chi connectivity index (χ0n) is 15.9. The Morgan fingerprint density at radius 3 is 2.58 bits per heavy atom. The number of carbonyl (C=O) groups is 1. The SMILES string of the molecule is CC1CCN(c2ccc(CNC(=O)CC3CC4CCC(C3)N4)cn2)CC1. The maximum absolute atomic E-state index is 12.3. The van der Waals surface area contributed by atoms with E-state index in [9.17, 15) is 4.79 Å². The van der Waals surface area contributed by atoms with Crippen molar-refractivity contribution < 1.29 is 4.79 Å². The molecule has 4 rings (SSSR count). The molecule has 5 nitrogen and oxygen atoms in total. The van der Waals surface area contributed by atoms with E-state index in [1.54, 1.807) is 0 Å². The minimum Gasteiger partial charge on any atom is -0.357 e. The van der Waals surface area contributed by atoms with E-state index < -0.39 is 0 Å². The summed E-state index contributed by atoms with van der Waals surface area (Å²) in [6.45, 7) is 5.11. The minimum atomic E-state index is 0.186. The third-order valence-corrected chi connectivity index (χ3v) is 6.45. The van der Waals surface area contributed by atoms with E-state index in [0.29, 0.717) is 31.0 Å². The molecular weight excluding hydrogens is 324 g/mol. The van der Waals surface area contributed by atoms with Crippen LogP contribution >= 0.6 is 0 Å². The standard InChI is InChI=1S/C21H32N4O/c1-15-6-8-25(9-7-15)20-5-2-16(13-22-20)14-23-21(26)12-17-10-18-3-4-19(11-17)24-18/h2,5,13,15,17-19,24H,3-4,6-12,14H2,1H3,(H,23,26). The monoisotopic (exact) mass is 356 g/mol. The average molecular weight is 357 g/mol. The van der Waals surface area contributed by atoms with Crippen LogP contribution in [0.4, 0.5) is 5.82 Å². The number of amides is 1. The molecule has 26 heavy (non-hydrogen) atoms. The molecule has 142 valence electrons. The Labute approximate surface area is 156 Å². The summed E-state index contributed by atoms with van der Waals surface area (Å²) in [5.41, 5.74) is 1.08. The molecule has 4 heterocycles. The fourth-order valence-corrected chi connectivity index (χ4v) is 4.82. The number of fused-ring (bicyclic) bond motifs is 2. The number of hydrogen-bond donors (Lipinski definition) is 2. The van der Waals surface area contributed by atoms with Gasteiger partial charge < -0.3 is 15.5 Å². The largest absolute Gasteiger partial charge is 0.357 e. The van der Waals surface area contributed by atoms with Crippen molar-refractivity contribution in [1.29, 1.82) is 0 Å². The molecule has 1 aromatic rings. The normalized spacial score (nSPS) is 29.0. The molecule has 0 aliphatic carbocycles. The van der Waals surface area contributed by atoms with E-state index >= 15 is 0 Å². The Bertz CT molecular complexity index is 597. The van der Waals surface area contributed by atoms with Gasteiger partial charge in [-0.25, -0.2) is 4.98 Å². The van der Waals surface area contributed by atoms with Crippen molar-refractivity contribution in [1.82, 2.24) is 15.6 Å². The van der Waals surface area contributed by atoms with Crippen LogP contribution in [-0.4, -0.2) is 36.1 Å². The second-order valence-electron chi connectivity index (χ2n) is 8.65. The number of pyridine rings is 1. The molecule has 3 saturated heterocycles. The van der Waals surface area contributed by atoms with Crippen LogP contribution in [0.15, 0.2) is 18.3 Å². The first-order chi connectivity index (χ1) is 12.7. The van der Waals surface area contributed by atoms with Gasteiger partial charge in [0.1, 0.15) is 5.82 Å². The van der Waals surface area contributed by atoms with Crippen molar-refractivity contribution in [2.75, 3.05) is 18.0 Å². The van der Waals surface area contributed by atoms with Crippen molar-refractivity contribution in [2.45, 2.75) is 70.5 Å². The maximum Gasteiger partial charge on any atom is 0.220 e. The highest BCUT2D eigenvalue weighted by Gasteiger charge is 2.34. The summed E-state index contributed by atoms with van der Waals surface area (Å²) in [4.78, 5) is 19.3. The molecule has 2 bridgehead atoms. The summed E-state index contributed by atoms with van der Waals surface area (Å²) >= 11 is 0. The molecule has 3 aliphatic rings. The summed E-state index contributed by atoms with van der Waals surface area (Å²) in [7, 11) is 0. The van der Waals surface area contributed by atoms with Gasteiger partial charge in [0.2, 0.25) is 5.91 Å². The van der Waals surface area contributed by atoms with Crippen LogP contribution in [0.1, 0.15) is 57.4 Å². The van der Waals surface area contributed by atoms with Gasteiger partial charge in [-0.2, -0.15) is 0 Å². The van der Waals surface area contributed by atoms with Crippen molar-refractivity contribution in [3.05, 3.63) is 23.9 Å². The third kappa shape index (κ3) is 4.37. The Morgan fingerprint density at radius 1 is 1.19 bits per heavy atom. The van der Waals surface area contributed by atoms with E-state index in [2.05, 4.69) is 39.6 Å². The summed E-state index contributed by atoms with van der Waals surface area (Å²) in [6.07, 6.45) is 9.98. The quantitative estimate of drug-likeness (QED) is 0.852. The van der Waals surface area contributed by atoms with Crippen LogP contribution in [0.3, 0.4) is 0 Å². The molecule has 0 radical (unpaired) electrons. The van der Waals surface area contributed by atoms with E-state index in [0.717, 1.165) is 43.2 Å². The molecular formula is C21H32N4O.